The Kier molecular flexibility index (Phi) is 8.54. The fourth-order valence-electron chi connectivity index (χ4n) is 4.15. The van der Waals surface area contributed by atoms with Crippen LogP contribution in [0.4, 0.5) is 4.39 Å². The van der Waals surface area contributed by atoms with Gasteiger partial charge in [0.25, 0.3) is 0 Å². The second-order valence-electron chi connectivity index (χ2n) is 8.30. The Labute approximate surface area is 205 Å². The number of rotatable bonds is 8. The normalized spacial score (nSPS) is 15.7. The molecule has 176 valence electrons. The van der Waals surface area contributed by atoms with Gasteiger partial charge in [-0.1, -0.05) is 29.7 Å². The summed E-state index contributed by atoms with van der Waals surface area (Å²) < 4.78 is 25.7. The van der Waals surface area contributed by atoms with Crippen LogP contribution >= 0.6 is 11.6 Å². The molecule has 1 aliphatic heterocycles. The first kappa shape index (κ1) is 24.2. The van der Waals surface area contributed by atoms with Crippen molar-refractivity contribution in [1.82, 2.24) is 9.88 Å². The van der Waals surface area contributed by atoms with Crippen molar-refractivity contribution >= 4 is 11.6 Å². The Hall–Kier alpha value is -2.91. The van der Waals surface area contributed by atoms with Crippen LogP contribution in [-0.4, -0.2) is 49.3 Å². The van der Waals surface area contributed by atoms with Crippen LogP contribution < -0.4 is 4.74 Å². The molecule has 1 aliphatic rings. The van der Waals surface area contributed by atoms with Gasteiger partial charge in [0.15, 0.2) is 5.82 Å². The van der Waals surface area contributed by atoms with Crippen molar-refractivity contribution in [1.29, 1.82) is 0 Å². The van der Waals surface area contributed by atoms with E-state index in [1.807, 2.05) is 36.4 Å². The van der Waals surface area contributed by atoms with Gasteiger partial charge in [-0.3, -0.25) is 4.90 Å². The van der Waals surface area contributed by atoms with E-state index >= 15 is 0 Å². The molecule has 1 atom stereocenters. The molecule has 34 heavy (non-hydrogen) atoms. The molecule has 4 nitrogen and oxygen atoms in total. The van der Waals surface area contributed by atoms with Gasteiger partial charge < -0.3 is 9.47 Å². The average molecular weight is 479 g/mol. The highest BCUT2D eigenvalue weighted by Crippen LogP contribution is 2.23. The number of pyridine rings is 1. The maximum Gasteiger partial charge on any atom is 0.158 e. The van der Waals surface area contributed by atoms with Crippen molar-refractivity contribution in [2.75, 3.05) is 33.4 Å². The molecular formula is C28H28ClFN2O2. The summed E-state index contributed by atoms with van der Waals surface area (Å²) >= 11 is 5.92. The Bertz CT molecular complexity index is 1140. The number of likely N-dealkylation sites (tertiary alicyclic amines) is 1. The van der Waals surface area contributed by atoms with E-state index in [2.05, 4.69) is 21.7 Å². The smallest absolute Gasteiger partial charge is 0.158 e. The lowest BCUT2D eigenvalue weighted by atomic mass is 10.1. The fourth-order valence-corrected chi connectivity index (χ4v) is 4.27. The monoisotopic (exact) mass is 478 g/mol. The number of hydrogen-bond donors (Lipinski definition) is 0. The second kappa shape index (κ2) is 12.0. The predicted octanol–water partition coefficient (Wildman–Crippen LogP) is 5.82. The van der Waals surface area contributed by atoms with Crippen LogP contribution in [0.25, 0.3) is 11.1 Å². The van der Waals surface area contributed by atoms with E-state index < -0.39 is 5.82 Å². The largest absolute Gasteiger partial charge is 0.492 e. The minimum atomic E-state index is -0.453. The standard InChI is InChI=1S/C28H28ClFN2O2/c1-33-17-14-25-3-2-15-32(25)16-18-34-26-11-4-21(5-12-26)6-13-28-27(30)19-23(20-31-28)22-7-9-24(29)10-8-22/h4-5,7-12,19-20,25H,2-3,14-18H2,1H3/t25-/m0/s1. The van der Waals surface area contributed by atoms with Gasteiger partial charge in [0, 0.05) is 48.6 Å². The summed E-state index contributed by atoms with van der Waals surface area (Å²) in [7, 11) is 1.75. The SMILES string of the molecule is COCC[C@@H]1CCCN1CCOc1ccc(C#Cc2ncc(-c3ccc(Cl)cc3)cc2F)cc1. The number of hydrogen-bond acceptors (Lipinski definition) is 4. The van der Waals surface area contributed by atoms with Gasteiger partial charge in [0.1, 0.15) is 18.1 Å². The van der Waals surface area contributed by atoms with Crippen molar-refractivity contribution in [2.24, 2.45) is 0 Å². The van der Waals surface area contributed by atoms with Gasteiger partial charge in [0.05, 0.1) is 0 Å². The molecule has 3 aromatic rings. The van der Waals surface area contributed by atoms with Crippen molar-refractivity contribution in [3.8, 4) is 28.7 Å². The number of aromatic nitrogens is 1. The fraction of sp³-hybridized carbons (Fsp3) is 0.321. The molecular weight excluding hydrogens is 451 g/mol. The average Bonchev–Trinajstić information content (AvgIpc) is 3.30. The highest BCUT2D eigenvalue weighted by molar-refractivity contribution is 6.30. The summed E-state index contributed by atoms with van der Waals surface area (Å²) in [6.07, 6.45) is 5.16. The molecule has 0 saturated carbocycles. The number of ether oxygens (including phenoxy) is 2. The molecule has 0 bridgehead atoms. The summed E-state index contributed by atoms with van der Waals surface area (Å²) in [5.41, 5.74) is 2.42. The van der Waals surface area contributed by atoms with E-state index in [9.17, 15) is 4.39 Å². The summed E-state index contributed by atoms with van der Waals surface area (Å²) in [4.78, 5) is 6.68. The maximum absolute atomic E-state index is 14.5. The Morgan fingerprint density at radius 1 is 1.06 bits per heavy atom. The highest BCUT2D eigenvalue weighted by Gasteiger charge is 2.23. The van der Waals surface area contributed by atoms with Gasteiger partial charge in [-0.25, -0.2) is 9.37 Å². The van der Waals surface area contributed by atoms with Gasteiger partial charge in [-0.2, -0.15) is 0 Å². The molecule has 4 rings (SSSR count). The van der Waals surface area contributed by atoms with Gasteiger partial charge >= 0.3 is 0 Å². The maximum atomic E-state index is 14.5. The lowest BCUT2D eigenvalue weighted by Crippen LogP contribution is -2.33. The summed E-state index contributed by atoms with van der Waals surface area (Å²) in [5.74, 6) is 6.15. The van der Waals surface area contributed by atoms with Crippen LogP contribution in [0.5, 0.6) is 5.75 Å². The zero-order valence-corrected chi connectivity index (χ0v) is 20.0. The summed E-state index contributed by atoms with van der Waals surface area (Å²) in [5, 5.41) is 0.634. The molecule has 1 saturated heterocycles. The molecule has 6 heteroatoms. The Morgan fingerprint density at radius 2 is 1.85 bits per heavy atom. The minimum absolute atomic E-state index is 0.117. The zero-order chi connectivity index (χ0) is 23.8. The number of nitrogens with zero attached hydrogens (tertiary/aromatic N) is 2. The molecule has 0 N–H and O–H groups in total. The van der Waals surface area contributed by atoms with E-state index in [0.29, 0.717) is 23.2 Å². The molecule has 1 aromatic heterocycles. The molecule has 1 fully saturated rings. The van der Waals surface area contributed by atoms with Crippen molar-refractivity contribution < 1.29 is 13.9 Å². The molecule has 0 radical (unpaired) electrons. The summed E-state index contributed by atoms with van der Waals surface area (Å²) in [6.45, 7) is 3.48. The first-order valence-electron chi connectivity index (χ1n) is 11.5. The lowest BCUT2D eigenvalue weighted by Gasteiger charge is -2.24. The van der Waals surface area contributed by atoms with Crippen LogP contribution in [0.15, 0.2) is 60.8 Å². The van der Waals surface area contributed by atoms with Crippen LogP contribution in [0.3, 0.4) is 0 Å². The molecule has 0 spiro atoms. The van der Waals surface area contributed by atoms with E-state index in [4.69, 9.17) is 21.1 Å². The minimum Gasteiger partial charge on any atom is -0.492 e. The van der Waals surface area contributed by atoms with E-state index in [-0.39, 0.29) is 5.69 Å². The number of methoxy groups -OCH3 is 1. The van der Waals surface area contributed by atoms with Gasteiger partial charge in [-0.15, -0.1) is 0 Å². The predicted molar refractivity (Wildman–Crippen MR) is 134 cm³/mol. The molecule has 2 aromatic carbocycles. The first-order valence-corrected chi connectivity index (χ1v) is 11.9. The zero-order valence-electron chi connectivity index (χ0n) is 19.3. The molecule has 0 aliphatic carbocycles. The quantitative estimate of drug-likeness (QED) is 0.382. The van der Waals surface area contributed by atoms with Gasteiger partial charge in [0.2, 0.25) is 0 Å². The second-order valence-corrected chi connectivity index (χ2v) is 8.73. The Morgan fingerprint density at radius 3 is 2.59 bits per heavy atom. The van der Waals surface area contributed by atoms with Crippen molar-refractivity contribution in [2.45, 2.75) is 25.3 Å². The first-order chi connectivity index (χ1) is 16.6. The molecule has 2 heterocycles. The van der Waals surface area contributed by atoms with Gasteiger partial charge in [-0.05, 0) is 79.8 Å². The van der Waals surface area contributed by atoms with Crippen LogP contribution in [0.1, 0.15) is 30.5 Å². The van der Waals surface area contributed by atoms with Crippen molar-refractivity contribution in [3.05, 3.63) is 82.9 Å². The molecule has 0 unspecified atom stereocenters. The third-order valence-electron chi connectivity index (χ3n) is 6.00. The van der Waals surface area contributed by atoms with Crippen LogP contribution in [0.2, 0.25) is 5.02 Å². The molecule has 0 amide bonds. The van der Waals surface area contributed by atoms with E-state index in [1.165, 1.54) is 18.9 Å². The Balaban J connectivity index is 1.31. The van der Waals surface area contributed by atoms with Crippen LogP contribution in [-0.2, 0) is 4.74 Å². The highest BCUT2D eigenvalue weighted by atomic mass is 35.5. The third kappa shape index (κ3) is 6.57. The topological polar surface area (TPSA) is 34.6 Å². The van der Waals surface area contributed by atoms with E-state index in [0.717, 1.165) is 43.0 Å². The number of benzene rings is 2. The lowest BCUT2D eigenvalue weighted by molar-refractivity contribution is 0.141. The number of halogens is 2. The van der Waals surface area contributed by atoms with Crippen molar-refractivity contribution in [3.63, 3.8) is 0 Å². The van der Waals surface area contributed by atoms with Crippen LogP contribution in [0, 0.1) is 17.7 Å². The summed E-state index contributed by atoms with van der Waals surface area (Å²) in [6, 6.07) is 16.8. The van der Waals surface area contributed by atoms with E-state index in [1.54, 1.807) is 25.4 Å². The third-order valence-corrected chi connectivity index (χ3v) is 6.25.